The van der Waals surface area contributed by atoms with Gasteiger partial charge in [-0.05, 0) is 43.2 Å². The monoisotopic (exact) mass is 337 g/mol. The Labute approximate surface area is 145 Å². The molecule has 1 N–H and O–H groups in total. The Balaban J connectivity index is 1.55. The Hall–Kier alpha value is -3.15. The first-order chi connectivity index (χ1) is 12.0. The second-order valence-corrected chi connectivity index (χ2v) is 5.89. The molecule has 6 nitrogen and oxygen atoms in total. The number of benzene rings is 2. The number of imidazole rings is 1. The minimum absolute atomic E-state index is 0.0112. The molecule has 3 aromatic rings. The molecule has 1 amide bonds. The van der Waals surface area contributed by atoms with Gasteiger partial charge in [-0.15, -0.1) is 0 Å². The number of carbonyl (C=O) groups excluding carboxylic acids is 2. The molecular weight excluding hydrogens is 318 g/mol. The number of fused-ring (bicyclic) bond motifs is 1. The molecule has 128 valence electrons. The fraction of sp³-hybridized carbons (Fsp3) is 0.211. The number of aryl methyl sites for hydroxylation is 2. The van der Waals surface area contributed by atoms with Crippen molar-refractivity contribution in [3.63, 3.8) is 0 Å². The van der Waals surface area contributed by atoms with Crippen molar-refractivity contribution < 1.29 is 14.3 Å². The van der Waals surface area contributed by atoms with Crippen LogP contribution < -0.4 is 5.32 Å². The number of esters is 1. The van der Waals surface area contributed by atoms with Crippen LogP contribution in [0.1, 0.15) is 11.1 Å². The molecule has 0 spiro atoms. The lowest BCUT2D eigenvalue weighted by molar-refractivity contribution is -0.147. The van der Waals surface area contributed by atoms with Crippen LogP contribution in [0.2, 0.25) is 0 Å². The van der Waals surface area contributed by atoms with Gasteiger partial charge in [0.1, 0.15) is 6.54 Å². The molecule has 0 aliphatic carbocycles. The average Bonchev–Trinajstić information content (AvgIpc) is 2.99. The van der Waals surface area contributed by atoms with E-state index in [0.717, 1.165) is 27.8 Å². The third kappa shape index (κ3) is 4.03. The first-order valence-corrected chi connectivity index (χ1v) is 7.95. The van der Waals surface area contributed by atoms with Gasteiger partial charge in [-0.2, -0.15) is 0 Å². The van der Waals surface area contributed by atoms with Crippen LogP contribution in [0.3, 0.4) is 0 Å². The van der Waals surface area contributed by atoms with Crippen molar-refractivity contribution in [2.45, 2.75) is 20.4 Å². The minimum atomic E-state index is -0.487. The SMILES string of the molecule is Cc1ccc(C)c(NC(=O)COC(=O)Cn2cnc3ccccc32)c1. The lowest BCUT2D eigenvalue weighted by Crippen LogP contribution is -2.23. The molecule has 0 fully saturated rings. The molecule has 1 heterocycles. The van der Waals surface area contributed by atoms with E-state index >= 15 is 0 Å². The number of aromatic nitrogens is 2. The Kier molecular flexibility index (Phi) is 4.79. The minimum Gasteiger partial charge on any atom is -0.454 e. The molecule has 0 saturated heterocycles. The van der Waals surface area contributed by atoms with Crippen LogP contribution in [0.15, 0.2) is 48.8 Å². The van der Waals surface area contributed by atoms with E-state index in [0.29, 0.717) is 0 Å². The lowest BCUT2D eigenvalue weighted by atomic mass is 10.1. The molecule has 0 unspecified atom stereocenters. The molecule has 3 rings (SSSR count). The maximum Gasteiger partial charge on any atom is 0.326 e. The summed E-state index contributed by atoms with van der Waals surface area (Å²) in [5.74, 6) is -0.850. The van der Waals surface area contributed by atoms with Crippen LogP contribution in [0.4, 0.5) is 5.69 Å². The Bertz CT molecular complexity index is 931. The van der Waals surface area contributed by atoms with Gasteiger partial charge < -0.3 is 14.6 Å². The zero-order valence-electron chi connectivity index (χ0n) is 14.2. The normalized spacial score (nSPS) is 10.6. The standard InChI is InChI=1S/C19H19N3O3/c1-13-7-8-14(2)16(9-13)21-18(23)11-25-19(24)10-22-12-20-15-5-3-4-6-17(15)22/h3-9,12H,10-11H2,1-2H3,(H,21,23). The second-order valence-electron chi connectivity index (χ2n) is 5.89. The maximum absolute atomic E-state index is 12.0. The van der Waals surface area contributed by atoms with Crippen molar-refractivity contribution in [2.75, 3.05) is 11.9 Å². The summed E-state index contributed by atoms with van der Waals surface area (Å²) in [5.41, 5.74) is 4.38. The van der Waals surface area contributed by atoms with E-state index in [1.54, 1.807) is 10.9 Å². The van der Waals surface area contributed by atoms with Crippen LogP contribution in [-0.2, 0) is 20.9 Å². The second kappa shape index (κ2) is 7.17. The summed E-state index contributed by atoms with van der Waals surface area (Å²) in [7, 11) is 0. The summed E-state index contributed by atoms with van der Waals surface area (Å²) in [4.78, 5) is 28.2. The lowest BCUT2D eigenvalue weighted by Gasteiger charge is -2.10. The van der Waals surface area contributed by atoms with E-state index in [1.807, 2.05) is 56.3 Å². The van der Waals surface area contributed by atoms with Crippen molar-refractivity contribution in [3.05, 3.63) is 59.9 Å². The molecule has 0 aliphatic rings. The quantitative estimate of drug-likeness (QED) is 0.727. The van der Waals surface area contributed by atoms with Gasteiger partial charge in [-0.25, -0.2) is 4.98 Å². The third-order valence-electron chi connectivity index (χ3n) is 3.86. The summed E-state index contributed by atoms with van der Waals surface area (Å²) in [5, 5.41) is 2.76. The summed E-state index contributed by atoms with van der Waals surface area (Å²) in [6.45, 7) is 3.55. The van der Waals surface area contributed by atoms with Crippen LogP contribution in [0.5, 0.6) is 0 Å². The Morgan fingerprint density at radius 2 is 1.96 bits per heavy atom. The van der Waals surface area contributed by atoms with Gasteiger partial charge in [-0.1, -0.05) is 24.3 Å². The number of carbonyl (C=O) groups is 2. The molecule has 0 bridgehead atoms. The van der Waals surface area contributed by atoms with E-state index in [4.69, 9.17) is 4.74 Å². The van der Waals surface area contributed by atoms with Gasteiger partial charge in [0.15, 0.2) is 6.61 Å². The van der Waals surface area contributed by atoms with Crippen molar-refractivity contribution >= 4 is 28.6 Å². The molecule has 2 aromatic carbocycles. The van der Waals surface area contributed by atoms with Crippen molar-refractivity contribution in [1.29, 1.82) is 0 Å². The van der Waals surface area contributed by atoms with Crippen LogP contribution >= 0.6 is 0 Å². The maximum atomic E-state index is 12.0. The Morgan fingerprint density at radius 3 is 2.80 bits per heavy atom. The summed E-state index contributed by atoms with van der Waals surface area (Å²) >= 11 is 0. The number of nitrogens with zero attached hydrogens (tertiary/aromatic N) is 2. The largest absolute Gasteiger partial charge is 0.454 e. The predicted molar refractivity (Wildman–Crippen MR) is 95.2 cm³/mol. The summed E-state index contributed by atoms with van der Waals surface area (Å²) in [6, 6.07) is 13.3. The highest BCUT2D eigenvalue weighted by Crippen LogP contribution is 2.16. The van der Waals surface area contributed by atoms with Crippen molar-refractivity contribution in [3.8, 4) is 0 Å². The zero-order chi connectivity index (χ0) is 17.8. The number of hydrogen-bond donors (Lipinski definition) is 1. The molecule has 0 saturated carbocycles. The highest BCUT2D eigenvalue weighted by atomic mass is 16.5. The van der Waals surface area contributed by atoms with Gasteiger partial charge in [0, 0.05) is 5.69 Å². The number of rotatable bonds is 5. The zero-order valence-corrected chi connectivity index (χ0v) is 14.2. The summed E-state index contributed by atoms with van der Waals surface area (Å²) in [6.07, 6.45) is 1.59. The highest BCUT2D eigenvalue weighted by Gasteiger charge is 2.11. The van der Waals surface area contributed by atoms with Gasteiger partial charge in [-0.3, -0.25) is 9.59 Å². The van der Waals surface area contributed by atoms with E-state index in [2.05, 4.69) is 10.3 Å². The van der Waals surface area contributed by atoms with E-state index in [-0.39, 0.29) is 19.1 Å². The molecule has 1 aromatic heterocycles. The molecule has 0 atom stereocenters. The fourth-order valence-corrected chi connectivity index (χ4v) is 2.52. The number of hydrogen-bond acceptors (Lipinski definition) is 4. The predicted octanol–water partition coefficient (Wildman–Crippen LogP) is 2.84. The van der Waals surface area contributed by atoms with Gasteiger partial charge in [0.2, 0.25) is 0 Å². The Morgan fingerprint density at radius 1 is 1.16 bits per heavy atom. The average molecular weight is 337 g/mol. The van der Waals surface area contributed by atoms with Crippen molar-refractivity contribution in [2.24, 2.45) is 0 Å². The topological polar surface area (TPSA) is 73.2 Å². The molecule has 0 radical (unpaired) electrons. The van der Waals surface area contributed by atoms with Gasteiger partial charge in [0.05, 0.1) is 17.4 Å². The van der Waals surface area contributed by atoms with Crippen LogP contribution in [0.25, 0.3) is 11.0 Å². The van der Waals surface area contributed by atoms with Gasteiger partial charge >= 0.3 is 5.97 Å². The molecule has 0 aliphatic heterocycles. The van der Waals surface area contributed by atoms with Gasteiger partial charge in [0.25, 0.3) is 5.91 Å². The number of anilines is 1. The number of amides is 1. The first-order valence-electron chi connectivity index (χ1n) is 7.95. The van der Waals surface area contributed by atoms with Crippen LogP contribution in [-0.4, -0.2) is 28.0 Å². The number of ether oxygens (including phenoxy) is 1. The molecular formula is C19H19N3O3. The van der Waals surface area contributed by atoms with E-state index in [9.17, 15) is 9.59 Å². The van der Waals surface area contributed by atoms with E-state index in [1.165, 1.54) is 0 Å². The molecule has 6 heteroatoms. The molecule has 25 heavy (non-hydrogen) atoms. The highest BCUT2D eigenvalue weighted by molar-refractivity contribution is 5.93. The smallest absolute Gasteiger partial charge is 0.326 e. The third-order valence-corrected chi connectivity index (χ3v) is 3.86. The number of para-hydroxylation sites is 2. The fourth-order valence-electron chi connectivity index (χ4n) is 2.52. The van der Waals surface area contributed by atoms with E-state index < -0.39 is 5.97 Å². The first kappa shape index (κ1) is 16.7. The summed E-state index contributed by atoms with van der Waals surface area (Å²) < 4.78 is 6.76. The van der Waals surface area contributed by atoms with Crippen molar-refractivity contribution in [1.82, 2.24) is 9.55 Å². The van der Waals surface area contributed by atoms with Crippen LogP contribution in [0, 0.1) is 13.8 Å². The number of nitrogens with one attached hydrogen (secondary N) is 1.